The predicted octanol–water partition coefficient (Wildman–Crippen LogP) is 1.34. The van der Waals surface area contributed by atoms with Crippen LogP contribution in [-0.4, -0.2) is 19.6 Å². The molecule has 0 atom stereocenters. The smallest absolute Gasteiger partial charge is 0.0770 e. The Morgan fingerprint density at radius 3 is 2.23 bits per heavy atom. The van der Waals surface area contributed by atoms with Crippen LogP contribution in [0, 0.1) is 11.8 Å². The first kappa shape index (κ1) is 12.4. The van der Waals surface area contributed by atoms with Crippen LogP contribution in [0.1, 0.15) is 45.4 Å². The second-order valence-electron chi connectivity index (χ2n) is 3.77. The van der Waals surface area contributed by atoms with E-state index < -0.39 is 0 Å². The Hall–Kier alpha value is -0.550. The van der Waals surface area contributed by atoms with Gasteiger partial charge >= 0.3 is 0 Å². The summed E-state index contributed by atoms with van der Waals surface area (Å²) >= 11 is 0. The van der Waals surface area contributed by atoms with Crippen molar-refractivity contribution in [1.29, 1.82) is 5.26 Å². The van der Waals surface area contributed by atoms with Crippen molar-refractivity contribution in [3.05, 3.63) is 6.57 Å². The first-order valence-corrected chi connectivity index (χ1v) is 5.49. The molecule has 0 aromatic rings. The Balaban J connectivity index is 0.000000671. The zero-order chi connectivity index (χ0) is 9.94. The van der Waals surface area contributed by atoms with Gasteiger partial charge in [0.25, 0.3) is 0 Å². The van der Waals surface area contributed by atoms with Gasteiger partial charge in [0.05, 0.1) is 19.6 Å². The third-order valence-corrected chi connectivity index (χ3v) is 2.69. The molecular formula is C11H22N2. The van der Waals surface area contributed by atoms with E-state index in [1.165, 1.54) is 58.2 Å². The van der Waals surface area contributed by atoms with Gasteiger partial charge in [-0.15, -0.1) is 0 Å². The van der Waals surface area contributed by atoms with Gasteiger partial charge in [-0.2, -0.15) is 0 Å². The van der Waals surface area contributed by atoms with E-state index in [0.29, 0.717) is 0 Å². The van der Waals surface area contributed by atoms with Gasteiger partial charge < -0.3 is 16.7 Å². The molecule has 1 N–H and O–H groups in total. The fourth-order valence-electron chi connectivity index (χ4n) is 1.93. The Bertz CT molecular complexity index is 115. The van der Waals surface area contributed by atoms with Crippen LogP contribution in [0.15, 0.2) is 0 Å². The van der Waals surface area contributed by atoms with Gasteiger partial charge in [0.15, 0.2) is 0 Å². The Morgan fingerprint density at radius 2 is 1.69 bits per heavy atom. The van der Waals surface area contributed by atoms with E-state index in [9.17, 15) is 0 Å². The Morgan fingerprint density at radius 1 is 1.08 bits per heavy atom. The van der Waals surface area contributed by atoms with E-state index >= 15 is 0 Å². The average molecular weight is 182 g/mol. The van der Waals surface area contributed by atoms with E-state index in [4.69, 9.17) is 11.8 Å². The molecule has 0 amide bonds. The number of piperidine rings is 1. The van der Waals surface area contributed by atoms with Crippen LogP contribution in [-0.2, 0) is 0 Å². The number of hydrogen-bond donors (Lipinski definition) is 1. The molecule has 0 aromatic carbocycles. The van der Waals surface area contributed by atoms with E-state index in [-0.39, 0.29) is 0 Å². The molecule has 76 valence electrons. The van der Waals surface area contributed by atoms with Gasteiger partial charge in [-0.3, -0.25) is 0 Å². The highest BCUT2D eigenvalue weighted by Crippen LogP contribution is 1.96. The second-order valence-corrected chi connectivity index (χ2v) is 3.77. The minimum absolute atomic E-state index is 1.37. The minimum atomic E-state index is 1.37. The lowest BCUT2D eigenvalue weighted by Gasteiger charge is -2.23. The van der Waals surface area contributed by atoms with Crippen molar-refractivity contribution in [3.8, 4) is 0 Å². The maximum absolute atomic E-state index is 6.25. The average Bonchev–Trinajstić information content (AvgIpc) is 2.23. The third kappa shape index (κ3) is 6.60. The summed E-state index contributed by atoms with van der Waals surface area (Å²) < 4.78 is 0. The monoisotopic (exact) mass is 182 g/mol. The summed E-state index contributed by atoms with van der Waals surface area (Å²) in [6.07, 6.45) is 8.68. The number of rotatable bonds is 4. The van der Waals surface area contributed by atoms with Crippen LogP contribution >= 0.6 is 0 Å². The Labute approximate surface area is 82.5 Å². The molecule has 0 saturated carbocycles. The fourth-order valence-corrected chi connectivity index (χ4v) is 1.93. The first-order chi connectivity index (χ1) is 6.43. The van der Waals surface area contributed by atoms with Gasteiger partial charge in [-0.1, -0.05) is 13.3 Å². The molecule has 0 bridgehead atoms. The summed E-state index contributed by atoms with van der Waals surface area (Å²) in [6, 6.07) is 0. The van der Waals surface area contributed by atoms with Crippen LogP contribution in [0.3, 0.4) is 0 Å². The van der Waals surface area contributed by atoms with Crippen LogP contribution in [0.4, 0.5) is 0 Å². The molecule has 1 rings (SSSR count). The summed E-state index contributed by atoms with van der Waals surface area (Å²) in [5.41, 5.74) is 0. The maximum atomic E-state index is 6.25. The molecule has 0 aromatic heterocycles. The number of nitrogens with zero attached hydrogens (tertiary/aromatic N) is 1. The van der Waals surface area contributed by atoms with Crippen molar-refractivity contribution >= 4 is 0 Å². The number of quaternary nitrogens is 1. The summed E-state index contributed by atoms with van der Waals surface area (Å²) in [7, 11) is 0. The normalized spacial score (nSPS) is 17.5. The third-order valence-electron chi connectivity index (χ3n) is 2.69. The van der Waals surface area contributed by atoms with Gasteiger partial charge in [0.2, 0.25) is 0 Å². The predicted molar refractivity (Wildman–Crippen MR) is 53.9 cm³/mol. The van der Waals surface area contributed by atoms with E-state index in [1.807, 2.05) is 4.90 Å². The maximum Gasteiger partial charge on any atom is 0.0770 e. The van der Waals surface area contributed by atoms with Gasteiger partial charge in [-0.25, -0.2) is 0 Å². The summed E-state index contributed by atoms with van der Waals surface area (Å²) in [5.74, 6) is 0. The van der Waals surface area contributed by atoms with Crippen molar-refractivity contribution in [2.75, 3.05) is 19.6 Å². The highest BCUT2D eigenvalue weighted by molar-refractivity contribution is 4.46. The molecule has 2 heteroatoms. The molecule has 2 nitrogen and oxygen atoms in total. The molecule has 1 aliphatic heterocycles. The number of hydrogen-bond acceptors (Lipinski definition) is 1. The zero-order valence-corrected chi connectivity index (χ0v) is 8.81. The lowest BCUT2D eigenvalue weighted by atomic mass is 10.1. The highest BCUT2D eigenvalue weighted by Gasteiger charge is 2.11. The molecule has 0 radical (unpaired) electrons. The molecule has 0 spiro atoms. The summed E-state index contributed by atoms with van der Waals surface area (Å²) in [4.78, 5) is 1.87. The topological polar surface area (TPSA) is 28.2 Å². The largest absolute Gasteiger partial charge is 0.512 e. The molecular weight excluding hydrogens is 160 g/mol. The first-order valence-electron chi connectivity index (χ1n) is 5.49. The van der Waals surface area contributed by atoms with Gasteiger partial charge in [0, 0.05) is 0 Å². The molecule has 1 fully saturated rings. The molecule has 1 saturated heterocycles. The van der Waals surface area contributed by atoms with E-state index in [0.717, 1.165) is 0 Å². The number of unbranched alkanes of at least 4 members (excludes halogenated alkanes) is 2. The van der Waals surface area contributed by atoms with Crippen molar-refractivity contribution in [2.24, 2.45) is 0 Å². The van der Waals surface area contributed by atoms with Crippen molar-refractivity contribution < 1.29 is 4.90 Å². The molecule has 1 aliphatic rings. The van der Waals surface area contributed by atoms with Crippen LogP contribution in [0.2, 0.25) is 0 Å². The second kappa shape index (κ2) is 9.54. The van der Waals surface area contributed by atoms with E-state index in [2.05, 4.69) is 6.92 Å². The quantitative estimate of drug-likeness (QED) is 0.516. The van der Waals surface area contributed by atoms with Crippen molar-refractivity contribution in [1.82, 2.24) is 0 Å². The minimum Gasteiger partial charge on any atom is -0.512 e. The lowest BCUT2D eigenvalue weighted by molar-refractivity contribution is -0.905. The van der Waals surface area contributed by atoms with Crippen LogP contribution in [0.5, 0.6) is 0 Å². The molecule has 13 heavy (non-hydrogen) atoms. The fraction of sp³-hybridized carbons (Fsp3) is 0.909. The number of likely N-dealkylation sites (tertiary alicyclic amines) is 1. The van der Waals surface area contributed by atoms with Gasteiger partial charge in [0.1, 0.15) is 0 Å². The van der Waals surface area contributed by atoms with Crippen molar-refractivity contribution in [3.63, 3.8) is 0 Å². The highest BCUT2D eigenvalue weighted by atomic mass is 15.1. The summed E-state index contributed by atoms with van der Waals surface area (Å²) in [5, 5.41) is 6.25. The Kier molecular flexibility index (Phi) is 9.13. The van der Waals surface area contributed by atoms with Crippen LogP contribution < -0.4 is 4.90 Å². The molecule has 0 aliphatic carbocycles. The zero-order valence-electron chi connectivity index (χ0n) is 8.81. The number of nitrogens with one attached hydrogen (secondary N) is 1. The SMILES string of the molecule is CCCCC[NH+]1CCCCC1.[C-]#N. The summed E-state index contributed by atoms with van der Waals surface area (Å²) in [6.45, 7) is 11.4. The van der Waals surface area contributed by atoms with Crippen LogP contribution in [0.25, 0.3) is 0 Å². The van der Waals surface area contributed by atoms with Crippen molar-refractivity contribution in [2.45, 2.75) is 45.4 Å². The molecule has 0 unspecified atom stereocenters. The van der Waals surface area contributed by atoms with E-state index in [1.54, 1.807) is 0 Å². The molecule has 1 heterocycles. The lowest BCUT2D eigenvalue weighted by Crippen LogP contribution is -3.12. The standard InChI is InChI=1S/C10H21N.CN/c1-2-3-5-8-11-9-6-4-7-10-11;1-2/h2-10H2,1H3;/q;-1/p+1. The van der Waals surface area contributed by atoms with Gasteiger partial charge in [-0.05, 0) is 32.1 Å².